The van der Waals surface area contributed by atoms with Gasteiger partial charge in [0.05, 0.1) is 29.5 Å². The normalized spacial score (nSPS) is 11.2. The molecule has 8 heteroatoms. The fraction of sp³-hybridized carbons (Fsp3) is 0.250. The van der Waals surface area contributed by atoms with Gasteiger partial charge >= 0.3 is 0 Å². The summed E-state index contributed by atoms with van der Waals surface area (Å²) in [5, 5.41) is 11.3. The van der Waals surface area contributed by atoms with Gasteiger partial charge < -0.3 is 4.74 Å². The summed E-state index contributed by atoms with van der Waals surface area (Å²) in [5.74, 6) is 0.137. The number of hydrogen-bond acceptors (Lipinski definition) is 5. The molecule has 3 aromatic rings. The van der Waals surface area contributed by atoms with E-state index in [0.29, 0.717) is 0 Å². The maximum atomic E-state index is 12.7. The second-order valence-corrected chi connectivity index (χ2v) is 9.79. The van der Waals surface area contributed by atoms with Crippen LogP contribution in [0.3, 0.4) is 0 Å². The molecule has 3 rings (SSSR count). The monoisotopic (exact) mass is 454 g/mol. The van der Waals surface area contributed by atoms with E-state index in [0.717, 1.165) is 34.1 Å². The smallest absolute Gasteiger partial charge is 0.273 e. The van der Waals surface area contributed by atoms with Crippen molar-refractivity contribution in [2.24, 2.45) is 0 Å². The molecule has 0 bridgehead atoms. The summed E-state index contributed by atoms with van der Waals surface area (Å²) in [4.78, 5) is 10.8. The Bertz CT molecular complexity index is 1240. The molecule has 0 aromatic heterocycles. The third-order valence-corrected chi connectivity index (χ3v) is 6.28. The highest BCUT2D eigenvalue weighted by Gasteiger charge is 2.24. The summed E-state index contributed by atoms with van der Waals surface area (Å²) in [6.45, 7) is 6.11. The van der Waals surface area contributed by atoms with Crippen LogP contribution in [0.1, 0.15) is 27.8 Å². The lowest BCUT2D eigenvalue weighted by molar-refractivity contribution is -0.384. The number of non-ortho nitro benzene ring substituents is 1. The van der Waals surface area contributed by atoms with Crippen LogP contribution in [-0.2, 0) is 23.2 Å². The first kappa shape index (κ1) is 23.3. The number of sulfonamides is 1. The summed E-state index contributed by atoms with van der Waals surface area (Å²) in [5.41, 5.74) is 4.93. The van der Waals surface area contributed by atoms with E-state index >= 15 is 0 Å². The Morgan fingerprint density at radius 3 is 2.22 bits per heavy atom. The standard InChI is InChI=1S/C24H26N2O5S/c1-17-6-9-20(10-7-17)15-25(32(4,29)30)23-12-11-22(26(27)28)14-24(23)31-16-21-13-18(2)5-8-19(21)3/h5-14H,15-16H2,1-4H3. The number of aryl methyl sites for hydroxylation is 3. The Morgan fingerprint density at radius 1 is 0.938 bits per heavy atom. The SMILES string of the molecule is Cc1ccc(CN(c2ccc([N+](=O)[O-])cc2OCc2cc(C)ccc2C)S(C)(=O)=O)cc1. The first-order valence-corrected chi connectivity index (χ1v) is 11.9. The highest BCUT2D eigenvalue weighted by Crippen LogP contribution is 2.35. The summed E-state index contributed by atoms with van der Waals surface area (Å²) in [6, 6.07) is 17.4. The molecule has 0 heterocycles. The van der Waals surface area contributed by atoms with Crippen LogP contribution < -0.4 is 9.04 Å². The van der Waals surface area contributed by atoms with Crippen LogP contribution in [0.5, 0.6) is 5.75 Å². The molecule has 0 spiro atoms. The van der Waals surface area contributed by atoms with Gasteiger partial charge in [-0.1, -0.05) is 53.6 Å². The number of ether oxygens (including phenoxy) is 1. The summed E-state index contributed by atoms with van der Waals surface area (Å²) < 4.78 is 32.5. The number of anilines is 1. The molecule has 0 radical (unpaired) electrons. The Kier molecular flexibility index (Phi) is 6.84. The van der Waals surface area contributed by atoms with Gasteiger partial charge in [0.25, 0.3) is 5.69 Å². The molecular formula is C24H26N2O5S. The third-order valence-electron chi connectivity index (χ3n) is 5.16. The van der Waals surface area contributed by atoms with Gasteiger partial charge in [-0.05, 0) is 43.5 Å². The third kappa shape index (κ3) is 5.64. The minimum Gasteiger partial charge on any atom is -0.486 e. The van der Waals surface area contributed by atoms with Crippen LogP contribution in [0, 0.1) is 30.9 Å². The van der Waals surface area contributed by atoms with Crippen molar-refractivity contribution in [3.05, 3.63) is 98.6 Å². The number of rotatable bonds is 8. The van der Waals surface area contributed by atoms with E-state index in [-0.39, 0.29) is 30.3 Å². The van der Waals surface area contributed by atoms with Crippen LogP contribution in [0.25, 0.3) is 0 Å². The quantitative estimate of drug-likeness (QED) is 0.350. The molecule has 0 N–H and O–H groups in total. The van der Waals surface area contributed by atoms with E-state index in [1.807, 2.05) is 63.2 Å². The van der Waals surface area contributed by atoms with E-state index in [2.05, 4.69) is 0 Å². The predicted octanol–water partition coefficient (Wildman–Crippen LogP) is 5.07. The molecule has 168 valence electrons. The molecular weight excluding hydrogens is 428 g/mol. The Hall–Kier alpha value is -3.39. The first-order valence-electron chi connectivity index (χ1n) is 10.1. The van der Waals surface area contributed by atoms with Gasteiger partial charge in [0.1, 0.15) is 6.61 Å². The highest BCUT2D eigenvalue weighted by atomic mass is 32.2. The number of nitrogens with zero attached hydrogens (tertiary/aromatic N) is 2. The average Bonchev–Trinajstić information content (AvgIpc) is 2.73. The molecule has 0 aliphatic heterocycles. The average molecular weight is 455 g/mol. The van der Waals surface area contributed by atoms with Crippen LogP contribution in [0.4, 0.5) is 11.4 Å². The zero-order chi connectivity index (χ0) is 23.5. The zero-order valence-electron chi connectivity index (χ0n) is 18.5. The molecule has 0 atom stereocenters. The number of nitro benzene ring substituents is 1. The lowest BCUT2D eigenvalue weighted by Crippen LogP contribution is -2.29. The molecule has 0 aliphatic rings. The van der Waals surface area contributed by atoms with Crippen LogP contribution in [0.2, 0.25) is 0 Å². The number of nitro groups is 1. The molecule has 7 nitrogen and oxygen atoms in total. The van der Waals surface area contributed by atoms with Gasteiger partial charge in [0.15, 0.2) is 5.75 Å². The van der Waals surface area contributed by atoms with E-state index in [1.165, 1.54) is 22.5 Å². The summed E-state index contributed by atoms with van der Waals surface area (Å²) in [6.07, 6.45) is 1.11. The minimum atomic E-state index is -3.70. The summed E-state index contributed by atoms with van der Waals surface area (Å²) >= 11 is 0. The zero-order valence-corrected chi connectivity index (χ0v) is 19.3. The second-order valence-electron chi connectivity index (χ2n) is 7.88. The molecule has 0 amide bonds. The van der Waals surface area contributed by atoms with Crippen molar-refractivity contribution in [3.63, 3.8) is 0 Å². The van der Waals surface area contributed by atoms with E-state index < -0.39 is 14.9 Å². The van der Waals surface area contributed by atoms with Crippen molar-refractivity contribution in [3.8, 4) is 5.75 Å². The topological polar surface area (TPSA) is 89.8 Å². The van der Waals surface area contributed by atoms with Crippen molar-refractivity contribution in [1.82, 2.24) is 0 Å². The van der Waals surface area contributed by atoms with Crippen molar-refractivity contribution >= 4 is 21.4 Å². The van der Waals surface area contributed by atoms with Crippen molar-refractivity contribution < 1.29 is 18.1 Å². The molecule has 32 heavy (non-hydrogen) atoms. The van der Waals surface area contributed by atoms with Crippen molar-refractivity contribution in [1.29, 1.82) is 0 Å². The Morgan fingerprint density at radius 2 is 1.59 bits per heavy atom. The van der Waals surface area contributed by atoms with Crippen LogP contribution in [-0.4, -0.2) is 19.6 Å². The Labute approximate surface area is 188 Å². The second kappa shape index (κ2) is 9.40. The number of benzene rings is 3. The van der Waals surface area contributed by atoms with Gasteiger partial charge in [0, 0.05) is 6.07 Å². The number of hydrogen-bond donors (Lipinski definition) is 0. The van der Waals surface area contributed by atoms with Crippen molar-refractivity contribution in [2.75, 3.05) is 10.6 Å². The first-order chi connectivity index (χ1) is 15.0. The molecule has 0 fully saturated rings. The predicted molar refractivity (Wildman–Crippen MR) is 126 cm³/mol. The van der Waals surface area contributed by atoms with Gasteiger partial charge in [-0.25, -0.2) is 8.42 Å². The van der Waals surface area contributed by atoms with Crippen LogP contribution >= 0.6 is 0 Å². The molecule has 0 aliphatic carbocycles. The lowest BCUT2D eigenvalue weighted by atomic mass is 10.1. The summed E-state index contributed by atoms with van der Waals surface area (Å²) in [7, 11) is -3.70. The van der Waals surface area contributed by atoms with Gasteiger partial charge in [-0.2, -0.15) is 0 Å². The fourth-order valence-corrected chi connectivity index (χ4v) is 4.18. The van der Waals surface area contributed by atoms with E-state index in [4.69, 9.17) is 4.74 Å². The van der Waals surface area contributed by atoms with Gasteiger partial charge in [-0.3, -0.25) is 14.4 Å². The fourth-order valence-electron chi connectivity index (χ4n) is 3.29. The van der Waals surface area contributed by atoms with E-state index in [1.54, 1.807) is 0 Å². The molecule has 0 saturated heterocycles. The van der Waals surface area contributed by atoms with Gasteiger partial charge in [0.2, 0.25) is 10.0 Å². The van der Waals surface area contributed by atoms with E-state index in [9.17, 15) is 18.5 Å². The maximum Gasteiger partial charge on any atom is 0.273 e. The lowest BCUT2D eigenvalue weighted by Gasteiger charge is -2.25. The maximum absolute atomic E-state index is 12.7. The molecule has 0 saturated carbocycles. The van der Waals surface area contributed by atoms with Gasteiger partial charge in [-0.15, -0.1) is 0 Å². The molecule has 0 unspecified atom stereocenters. The van der Waals surface area contributed by atoms with Crippen LogP contribution in [0.15, 0.2) is 60.7 Å². The minimum absolute atomic E-state index is 0.0801. The highest BCUT2D eigenvalue weighted by molar-refractivity contribution is 7.92. The Balaban J connectivity index is 2.02. The van der Waals surface area contributed by atoms with Crippen molar-refractivity contribution in [2.45, 2.75) is 33.9 Å². The molecule has 3 aromatic carbocycles. The largest absolute Gasteiger partial charge is 0.486 e.